The van der Waals surface area contributed by atoms with Crippen LogP contribution in [0.1, 0.15) is 24.2 Å². The second kappa shape index (κ2) is 8.65. The van der Waals surface area contributed by atoms with Crippen molar-refractivity contribution in [3.05, 3.63) is 29.8 Å². The molecule has 0 unspecified atom stereocenters. The van der Waals surface area contributed by atoms with Crippen LogP contribution < -0.4 is 16.4 Å². The van der Waals surface area contributed by atoms with E-state index in [0.29, 0.717) is 5.69 Å². The van der Waals surface area contributed by atoms with Crippen LogP contribution in [0.3, 0.4) is 0 Å². The van der Waals surface area contributed by atoms with Crippen LogP contribution in [0, 0.1) is 5.92 Å². The Labute approximate surface area is 134 Å². The molecule has 0 aliphatic heterocycles. The van der Waals surface area contributed by atoms with Gasteiger partial charge in [-0.2, -0.15) is 0 Å². The Kier molecular flexibility index (Phi) is 7.97. The molecule has 5 nitrogen and oxygen atoms in total. The highest BCUT2D eigenvalue weighted by Crippen LogP contribution is 2.12. The second-order valence-electron chi connectivity index (χ2n) is 4.96. The molecule has 8 heteroatoms. The fourth-order valence-corrected chi connectivity index (χ4v) is 1.38. The smallest absolute Gasteiger partial charge is 0.277 e. The number of benzene rings is 1. The summed E-state index contributed by atoms with van der Waals surface area (Å²) in [6.07, 6.45) is 0. The fraction of sp³-hybridized carbons (Fsp3) is 0.429. The molecule has 0 bridgehead atoms. The Morgan fingerprint density at radius 2 is 1.77 bits per heavy atom. The Hall–Kier alpha value is -1.73. The topological polar surface area (TPSA) is 84.2 Å². The summed E-state index contributed by atoms with van der Waals surface area (Å²) in [4.78, 5) is 23.2. The number of carbonyl (C=O) groups excluding carboxylic acids is 2. The van der Waals surface area contributed by atoms with E-state index in [1.807, 2.05) is 0 Å². The van der Waals surface area contributed by atoms with Crippen LogP contribution in [0.5, 0.6) is 0 Å². The molecule has 1 rings (SSSR count). The lowest BCUT2D eigenvalue weighted by Crippen LogP contribution is -2.41. The zero-order valence-electron chi connectivity index (χ0n) is 12.4. The van der Waals surface area contributed by atoms with Gasteiger partial charge in [0.05, 0.1) is 13.1 Å². The van der Waals surface area contributed by atoms with E-state index in [2.05, 4.69) is 10.6 Å². The second-order valence-corrected chi connectivity index (χ2v) is 4.96. The third-order valence-electron chi connectivity index (χ3n) is 2.75. The first-order chi connectivity index (χ1) is 9.75. The van der Waals surface area contributed by atoms with Crippen molar-refractivity contribution >= 4 is 29.9 Å². The Bertz CT molecular complexity index is 507. The minimum atomic E-state index is -3.12. The fourth-order valence-electron chi connectivity index (χ4n) is 1.38. The molecule has 0 saturated carbocycles. The monoisotopic (exact) mass is 335 g/mol. The van der Waals surface area contributed by atoms with E-state index in [-0.39, 0.29) is 29.8 Å². The Morgan fingerprint density at radius 1 is 1.23 bits per heavy atom. The normalized spacial score (nSPS) is 10.8. The van der Waals surface area contributed by atoms with Crippen molar-refractivity contribution in [3.63, 3.8) is 0 Å². The van der Waals surface area contributed by atoms with Crippen molar-refractivity contribution in [2.75, 3.05) is 18.4 Å². The molecule has 0 fully saturated rings. The van der Waals surface area contributed by atoms with Gasteiger partial charge in [0.2, 0.25) is 5.91 Å². The molecule has 124 valence electrons. The largest absolute Gasteiger partial charge is 0.346 e. The van der Waals surface area contributed by atoms with Gasteiger partial charge in [-0.3, -0.25) is 9.59 Å². The summed E-state index contributed by atoms with van der Waals surface area (Å²) >= 11 is 0. The number of alkyl halides is 2. The number of hydrogen-bond donors (Lipinski definition) is 3. The number of halogens is 3. The highest BCUT2D eigenvalue weighted by molar-refractivity contribution is 5.96. The van der Waals surface area contributed by atoms with Gasteiger partial charge in [0, 0.05) is 17.2 Å². The molecule has 0 spiro atoms. The van der Waals surface area contributed by atoms with Gasteiger partial charge in [-0.1, -0.05) is 13.8 Å². The van der Waals surface area contributed by atoms with Crippen LogP contribution in [0.2, 0.25) is 0 Å². The highest BCUT2D eigenvalue weighted by atomic mass is 35.5. The number of anilines is 1. The van der Waals surface area contributed by atoms with Gasteiger partial charge in [-0.15, -0.1) is 12.4 Å². The first kappa shape index (κ1) is 20.3. The molecule has 22 heavy (non-hydrogen) atoms. The summed E-state index contributed by atoms with van der Waals surface area (Å²) in [7, 11) is 0. The van der Waals surface area contributed by atoms with Gasteiger partial charge >= 0.3 is 0 Å². The van der Waals surface area contributed by atoms with Crippen molar-refractivity contribution in [2.24, 2.45) is 11.7 Å². The third-order valence-corrected chi connectivity index (χ3v) is 2.75. The number of nitrogens with one attached hydrogen (secondary N) is 2. The van der Waals surface area contributed by atoms with E-state index in [1.165, 1.54) is 24.3 Å². The molecule has 0 heterocycles. The van der Waals surface area contributed by atoms with E-state index in [1.54, 1.807) is 13.8 Å². The van der Waals surface area contributed by atoms with Crippen molar-refractivity contribution in [3.8, 4) is 0 Å². The summed E-state index contributed by atoms with van der Waals surface area (Å²) < 4.78 is 25.8. The molecule has 0 saturated heterocycles. The lowest BCUT2D eigenvalue weighted by Gasteiger charge is -2.14. The third kappa shape index (κ3) is 6.36. The highest BCUT2D eigenvalue weighted by Gasteiger charge is 2.27. The first-order valence-electron chi connectivity index (χ1n) is 6.52. The Morgan fingerprint density at radius 3 is 2.23 bits per heavy atom. The molecule has 1 aromatic rings. The SMILES string of the molecule is CC(C)C(=O)Nc1ccc(C(=O)NCC(F)(F)CN)cc1.Cl. The van der Waals surface area contributed by atoms with Gasteiger partial charge in [0.15, 0.2) is 0 Å². The molecule has 0 aliphatic rings. The van der Waals surface area contributed by atoms with E-state index in [9.17, 15) is 18.4 Å². The molecule has 2 amide bonds. The van der Waals surface area contributed by atoms with Gasteiger partial charge in [-0.05, 0) is 24.3 Å². The maximum atomic E-state index is 12.9. The standard InChI is InChI=1S/C14H19F2N3O2.ClH/c1-9(2)12(20)19-11-5-3-10(4-6-11)13(21)18-8-14(15,16)7-17;/h3-6,9H,7-8,17H2,1-2H3,(H,18,21)(H,19,20);1H. The molecule has 0 aliphatic carbocycles. The zero-order valence-corrected chi connectivity index (χ0v) is 13.2. The van der Waals surface area contributed by atoms with Crippen molar-refractivity contribution in [1.29, 1.82) is 0 Å². The summed E-state index contributed by atoms with van der Waals surface area (Å²) in [6, 6.07) is 5.98. The average Bonchev–Trinajstić information content (AvgIpc) is 2.45. The van der Waals surface area contributed by atoms with Gasteiger partial charge in [-0.25, -0.2) is 8.78 Å². The number of amides is 2. The quantitative estimate of drug-likeness (QED) is 0.743. The maximum Gasteiger partial charge on any atom is 0.277 e. The summed E-state index contributed by atoms with van der Waals surface area (Å²) in [5.74, 6) is -4.05. The molecular weight excluding hydrogens is 316 g/mol. The van der Waals surface area contributed by atoms with Crippen LogP contribution in [-0.2, 0) is 4.79 Å². The summed E-state index contributed by atoms with van der Waals surface area (Å²) in [5.41, 5.74) is 5.65. The van der Waals surface area contributed by atoms with Gasteiger partial charge in [0.25, 0.3) is 11.8 Å². The van der Waals surface area contributed by atoms with E-state index < -0.39 is 24.9 Å². The molecule has 4 N–H and O–H groups in total. The number of hydrogen-bond acceptors (Lipinski definition) is 3. The van der Waals surface area contributed by atoms with Gasteiger partial charge < -0.3 is 16.4 Å². The predicted octanol–water partition coefficient (Wildman–Crippen LogP) is 2.03. The van der Waals surface area contributed by atoms with Crippen LogP contribution in [0.4, 0.5) is 14.5 Å². The van der Waals surface area contributed by atoms with E-state index in [0.717, 1.165) is 0 Å². The molecule has 0 atom stereocenters. The van der Waals surface area contributed by atoms with Crippen LogP contribution in [0.15, 0.2) is 24.3 Å². The lowest BCUT2D eigenvalue weighted by molar-refractivity contribution is -0.118. The lowest BCUT2D eigenvalue weighted by atomic mass is 10.1. The summed E-state index contributed by atoms with van der Waals surface area (Å²) in [5, 5.41) is 4.78. The molecule has 1 aromatic carbocycles. The van der Waals surface area contributed by atoms with Gasteiger partial charge in [0.1, 0.15) is 0 Å². The number of carbonyl (C=O) groups is 2. The average molecular weight is 336 g/mol. The summed E-state index contributed by atoms with van der Waals surface area (Å²) in [6.45, 7) is 1.88. The predicted molar refractivity (Wildman–Crippen MR) is 83.5 cm³/mol. The number of rotatable bonds is 6. The maximum absolute atomic E-state index is 12.9. The van der Waals surface area contributed by atoms with E-state index >= 15 is 0 Å². The molecule has 0 radical (unpaired) electrons. The van der Waals surface area contributed by atoms with Crippen molar-refractivity contribution < 1.29 is 18.4 Å². The van der Waals surface area contributed by atoms with Crippen LogP contribution >= 0.6 is 12.4 Å². The van der Waals surface area contributed by atoms with Crippen LogP contribution in [0.25, 0.3) is 0 Å². The minimum Gasteiger partial charge on any atom is -0.346 e. The minimum absolute atomic E-state index is 0. The number of nitrogens with two attached hydrogens (primary N) is 1. The van der Waals surface area contributed by atoms with Crippen LogP contribution in [-0.4, -0.2) is 30.8 Å². The first-order valence-corrected chi connectivity index (χ1v) is 6.52. The molecule has 0 aromatic heterocycles. The van der Waals surface area contributed by atoms with E-state index in [4.69, 9.17) is 5.73 Å². The zero-order chi connectivity index (χ0) is 16.0. The Balaban J connectivity index is 0.00000441. The molecular formula is C14H20ClF2N3O2. The van der Waals surface area contributed by atoms with Crippen molar-refractivity contribution in [1.82, 2.24) is 5.32 Å². The van der Waals surface area contributed by atoms with Crippen molar-refractivity contribution in [2.45, 2.75) is 19.8 Å².